The van der Waals surface area contributed by atoms with Gasteiger partial charge in [-0.15, -0.1) is 0 Å². The average molecular weight is 203 g/mol. The van der Waals surface area contributed by atoms with Crippen LogP contribution in [-0.4, -0.2) is 31.6 Å². The Kier molecular flexibility index (Phi) is 4.50. The van der Waals surface area contributed by atoms with Crippen molar-refractivity contribution in [2.75, 3.05) is 13.2 Å². The molecule has 0 atom stereocenters. The summed E-state index contributed by atoms with van der Waals surface area (Å²) in [5, 5.41) is 1.51. The van der Waals surface area contributed by atoms with Crippen LogP contribution in [0.1, 0.15) is 6.92 Å². The zero-order valence-electron chi connectivity index (χ0n) is 6.82. The quantitative estimate of drug-likeness (QED) is 0.705. The first-order chi connectivity index (χ1) is 5.90. The first-order valence-electron chi connectivity index (χ1n) is 3.46. The van der Waals surface area contributed by atoms with Crippen LogP contribution in [0.3, 0.4) is 0 Å². The number of ether oxygens (including phenoxy) is 1. The van der Waals surface area contributed by atoms with Gasteiger partial charge < -0.3 is 10.1 Å². The maximum absolute atomic E-state index is 12.1. The number of carbonyl (C=O) groups is 1. The summed E-state index contributed by atoms with van der Waals surface area (Å²) >= 11 is 0. The molecule has 0 aromatic carbocycles. The smallest absolute Gasteiger partial charge is 0.407 e. The summed E-state index contributed by atoms with van der Waals surface area (Å²) in [7, 11) is 0. The molecule has 7 heteroatoms. The highest BCUT2D eigenvalue weighted by Crippen LogP contribution is 2.21. The lowest BCUT2D eigenvalue weighted by atomic mass is 10.3. The molecule has 1 N–H and O–H groups in total. The highest BCUT2D eigenvalue weighted by Gasteiger charge is 2.40. The van der Waals surface area contributed by atoms with E-state index in [1.165, 1.54) is 12.2 Å². The number of nitrogens with one attached hydrogen (secondary N) is 1. The maximum atomic E-state index is 12.1. The number of alkyl halides is 4. The summed E-state index contributed by atoms with van der Waals surface area (Å²) in [5.74, 6) is -4.22. The van der Waals surface area contributed by atoms with Gasteiger partial charge in [0, 0.05) is 0 Å². The molecule has 0 heterocycles. The molecule has 0 rings (SSSR count). The molecule has 0 radical (unpaired) electrons. The lowest BCUT2D eigenvalue weighted by Gasteiger charge is -2.15. The summed E-state index contributed by atoms with van der Waals surface area (Å²) in [6, 6.07) is 0. The van der Waals surface area contributed by atoms with Gasteiger partial charge in [-0.2, -0.15) is 8.78 Å². The third-order valence-electron chi connectivity index (χ3n) is 1.06. The molecule has 0 aliphatic rings. The van der Waals surface area contributed by atoms with Gasteiger partial charge in [0.15, 0.2) is 0 Å². The number of hydrogen-bond acceptors (Lipinski definition) is 2. The lowest BCUT2D eigenvalue weighted by Crippen LogP contribution is -2.41. The second-order valence-corrected chi connectivity index (χ2v) is 2.14. The van der Waals surface area contributed by atoms with E-state index in [-0.39, 0.29) is 6.61 Å². The molecule has 0 saturated heterocycles. The minimum absolute atomic E-state index is 0.00785. The molecule has 0 spiro atoms. The summed E-state index contributed by atoms with van der Waals surface area (Å²) in [6.07, 6.45) is -4.93. The Bertz CT molecular complexity index is 174. The fourth-order valence-electron chi connectivity index (χ4n) is 0.449. The van der Waals surface area contributed by atoms with Crippen molar-refractivity contribution in [1.29, 1.82) is 0 Å². The highest BCUT2D eigenvalue weighted by molar-refractivity contribution is 5.67. The van der Waals surface area contributed by atoms with E-state index < -0.39 is 25.0 Å². The van der Waals surface area contributed by atoms with Gasteiger partial charge in [0.25, 0.3) is 0 Å². The third kappa shape index (κ3) is 4.54. The van der Waals surface area contributed by atoms with Gasteiger partial charge in [0.05, 0.1) is 13.2 Å². The molecule has 3 nitrogen and oxygen atoms in total. The second-order valence-electron chi connectivity index (χ2n) is 2.14. The summed E-state index contributed by atoms with van der Waals surface area (Å²) < 4.78 is 51.5. The molecule has 0 aromatic rings. The van der Waals surface area contributed by atoms with Crippen LogP contribution in [-0.2, 0) is 4.74 Å². The molecule has 0 saturated carbocycles. The Hall–Kier alpha value is -1.01. The van der Waals surface area contributed by atoms with Crippen molar-refractivity contribution in [1.82, 2.24) is 5.32 Å². The summed E-state index contributed by atoms with van der Waals surface area (Å²) in [6.45, 7) is 0.0282. The van der Waals surface area contributed by atoms with E-state index in [0.717, 1.165) is 0 Å². The van der Waals surface area contributed by atoms with Crippen LogP contribution in [0.5, 0.6) is 0 Å². The zero-order chi connectivity index (χ0) is 10.5. The standard InChI is InChI=1S/C6H9F4NO2/c1-2-13-5(12)11-3-6(9,10)4(7)8/h4H,2-3H2,1H3,(H,11,12). The highest BCUT2D eigenvalue weighted by atomic mass is 19.3. The maximum Gasteiger partial charge on any atom is 0.407 e. The normalized spacial score (nSPS) is 11.5. The average Bonchev–Trinajstić information content (AvgIpc) is 2.01. The van der Waals surface area contributed by atoms with Gasteiger partial charge in [0.2, 0.25) is 0 Å². The first kappa shape index (κ1) is 12.0. The molecule has 0 fully saturated rings. The Morgan fingerprint density at radius 1 is 1.54 bits per heavy atom. The van der Waals surface area contributed by atoms with Crippen LogP contribution >= 0.6 is 0 Å². The minimum Gasteiger partial charge on any atom is -0.450 e. The van der Waals surface area contributed by atoms with E-state index >= 15 is 0 Å². The van der Waals surface area contributed by atoms with Gasteiger partial charge in [-0.25, -0.2) is 13.6 Å². The molecule has 0 bridgehead atoms. The fraction of sp³-hybridized carbons (Fsp3) is 0.833. The van der Waals surface area contributed by atoms with Gasteiger partial charge >= 0.3 is 18.4 Å². The number of amides is 1. The Morgan fingerprint density at radius 3 is 2.46 bits per heavy atom. The number of carbonyl (C=O) groups excluding carboxylic acids is 1. The van der Waals surface area contributed by atoms with Gasteiger partial charge in [-0.3, -0.25) is 0 Å². The molecular formula is C6H9F4NO2. The van der Waals surface area contributed by atoms with E-state index in [2.05, 4.69) is 4.74 Å². The predicted molar refractivity (Wildman–Crippen MR) is 36.0 cm³/mol. The molecule has 1 amide bonds. The van der Waals surface area contributed by atoms with Crippen molar-refractivity contribution in [2.45, 2.75) is 19.3 Å². The van der Waals surface area contributed by atoms with Crippen LogP contribution in [0, 0.1) is 0 Å². The van der Waals surface area contributed by atoms with Gasteiger partial charge in [-0.1, -0.05) is 0 Å². The van der Waals surface area contributed by atoms with Crippen LogP contribution in [0.15, 0.2) is 0 Å². The first-order valence-corrected chi connectivity index (χ1v) is 3.46. The van der Waals surface area contributed by atoms with E-state index in [4.69, 9.17) is 0 Å². The van der Waals surface area contributed by atoms with Crippen molar-refractivity contribution in [3.63, 3.8) is 0 Å². The minimum atomic E-state index is -4.22. The van der Waals surface area contributed by atoms with E-state index in [1.54, 1.807) is 0 Å². The Morgan fingerprint density at radius 2 is 2.08 bits per heavy atom. The molecular weight excluding hydrogens is 194 g/mol. The summed E-state index contributed by atoms with van der Waals surface area (Å²) in [5.41, 5.74) is 0. The van der Waals surface area contributed by atoms with E-state index in [9.17, 15) is 22.4 Å². The molecule has 78 valence electrons. The summed E-state index contributed by atoms with van der Waals surface area (Å²) in [4.78, 5) is 10.4. The number of alkyl carbamates (subject to hydrolysis) is 1. The van der Waals surface area contributed by atoms with Gasteiger partial charge in [-0.05, 0) is 6.92 Å². The zero-order valence-corrected chi connectivity index (χ0v) is 6.82. The van der Waals surface area contributed by atoms with E-state index in [1.807, 2.05) is 0 Å². The van der Waals surface area contributed by atoms with Crippen molar-refractivity contribution in [3.05, 3.63) is 0 Å². The number of rotatable bonds is 4. The van der Waals surface area contributed by atoms with Crippen LogP contribution in [0.25, 0.3) is 0 Å². The molecule has 0 unspecified atom stereocenters. The van der Waals surface area contributed by atoms with Crippen molar-refractivity contribution >= 4 is 6.09 Å². The van der Waals surface area contributed by atoms with Crippen molar-refractivity contribution in [2.24, 2.45) is 0 Å². The van der Waals surface area contributed by atoms with Gasteiger partial charge in [0.1, 0.15) is 0 Å². The third-order valence-corrected chi connectivity index (χ3v) is 1.06. The van der Waals surface area contributed by atoms with Crippen LogP contribution in [0.4, 0.5) is 22.4 Å². The van der Waals surface area contributed by atoms with Crippen molar-refractivity contribution in [3.8, 4) is 0 Å². The van der Waals surface area contributed by atoms with Crippen LogP contribution in [0.2, 0.25) is 0 Å². The second kappa shape index (κ2) is 4.88. The molecule has 0 aliphatic heterocycles. The lowest BCUT2D eigenvalue weighted by molar-refractivity contribution is -0.124. The SMILES string of the molecule is CCOC(=O)NCC(F)(F)C(F)F. The molecule has 13 heavy (non-hydrogen) atoms. The Labute approximate surface area is 72.1 Å². The van der Waals surface area contributed by atoms with Crippen molar-refractivity contribution < 1.29 is 27.1 Å². The molecule has 0 aliphatic carbocycles. The Balaban J connectivity index is 3.81. The van der Waals surface area contributed by atoms with Crippen LogP contribution < -0.4 is 5.32 Å². The monoisotopic (exact) mass is 203 g/mol. The topological polar surface area (TPSA) is 38.3 Å². The fourth-order valence-corrected chi connectivity index (χ4v) is 0.449. The van der Waals surface area contributed by atoms with E-state index in [0.29, 0.717) is 0 Å². The number of hydrogen-bond donors (Lipinski definition) is 1. The largest absolute Gasteiger partial charge is 0.450 e. The number of halogens is 4. The predicted octanol–water partition coefficient (Wildman–Crippen LogP) is 1.63. The molecule has 0 aromatic heterocycles.